The molecule has 0 bridgehead atoms. The molecule has 0 fully saturated rings. The molecule has 3 N–H and O–H groups in total. The highest BCUT2D eigenvalue weighted by Gasteiger charge is 2.18. The first-order valence-corrected chi connectivity index (χ1v) is 9.29. The molecule has 0 amide bonds. The van der Waals surface area contributed by atoms with Gasteiger partial charge in [0.25, 0.3) is 0 Å². The first kappa shape index (κ1) is 19.0. The van der Waals surface area contributed by atoms with Crippen LogP contribution in [0.4, 0.5) is 0 Å². The smallest absolute Gasteiger partial charge is 0.360 e. The molecule has 0 aliphatic heterocycles. The van der Waals surface area contributed by atoms with Crippen molar-refractivity contribution in [2.24, 2.45) is 5.73 Å². The summed E-state index contributed by atoms with van der Waals surface area (Å²) in [7, 11) is 0. The van der Waals surface area contributed by atoms with Gasteiger partial charge in [-0.3, -0.25) is 5.41 Å². The van der Waals surface area contributed by atoms with Gasteiger partial charge in [0.2, 0.25) is 0 Å². The summed E-state index contributed by atoms with van der Waals surface area (Å²) in [5, 5.41) is 17.6. The SMILES string of the molecule is N#Cc1cccc(Cn2c(C(=O)Oc3cccc(C(=N)N)c3)cc3ccccc32)c1. The first-order valence-electron chi connectivity index (χ1n) is 9.29. The lowest BCUT2D eigenvalue weighted by molar-refractivity contribution is 0.0724. The van der Waals surface area contributed by atoms with E-state index in [1.807, 2.05) is 41.0 Å². The summed E-state index contributed by atoms with van der Waals surface area (Å²) >= 11 is 0. The first-order chi connectivity index (χ1) is 14.5. The minimum absolute atomic E-state index is 0.0978. The van der Waals surface area contributed by atoms with Gasteiger partial charge >= 0.3 is 5.97 Å². The molecule has 0 aliphatic carbocycles. The zero-order chi connectivity index (χ0) is 21.1. The number of esters is 1. The van der Waals surface area contributed by atoms with Gasteiger partial charge in [-0.25, -0.2) is 4.79 Å². The average Bonchev–Trinajstić information content (AvgIpc) is 3.12. The van der Waals surface area contributed by atoms with E-state index >= 15 is 0 Å². The summed E-state index contributed by atoms with van der Waals surface area (Å²) in [6.45, 7) is 0.418. The van der Waals surface area contributed by atoms with Gasteiger partial charge in [0.15, 0.2) is 0 Å². The molecule has 0 radical (unpaired) electrons. The number of carbonyl (C=O) groups is 1. The number of nitrogens with two attached hydrogens (primary N) is 1. The number of benzene rings is 3. The molecule has 0 unspecified atom stereocenters. The van der Waals surface area contributed by atoms with Crippen molar-refractivity contribution in [2.45, 2.75) is 6.54 Å². The minimum Gasteiger partial charge on any atom is -0.422 e. The highest BCUT2D eigenvalue weighted by Crippen LogP contribution is 2.23. The van der Waals surface area contributed by atoms with E-state index in [4.69, 9.17) is 15.9 Å². The molecular weight excluding hydrogens is 376 g/mol. The molecule has 0 saturated heterocycles. The van der Waals surface area contributed by atoms with Gasteiger partial charge < -0.3 is 15.0 Å². The fourth-order valence-corrected chi connectivity index (χ4v) is 3.36. The fourth-order valence-electron chi connectivity index (χ4n) is 3.36. The predicted molar refractivity (Wildman–Crippen MR) is 115 cm³/mol. The molecule has 146 valence electrons. The van der Waals surface area contributed by atoms with Crippen LogP contribution in [0.5, 0.6) is 5.75 Å². The van der Waals surface area contributed by atoms with Crippen molar-refractivity contribution in [1.82, 2.24) is 4.57 Å². The lowest BCUT2D eigenvalue weighted by Crippen LogP contribution is -2.16. The predicted octanol–water partition coefficient (Wildman–Crippen LogP) is 4.06. The number of nitrogens with zero attached hydrogens (tertiary/aromatic N) is 2. The second-order valence-electron chi connectivity index (χ2n) is 6.82. The number of nitriles is 1. The van der Waals surface area contributed by atoms with Crippen LogP contribution in [0.1, 0.15) is 27.2 Å². The second kappa shape index (κ2) is 7.94. The molecular formula is C24H18N4O2. The number of rotatable bonds is 5. The molecule has 0 aliphatic rings. The largest absolute Gasteiger partial charge is 0.422 e. The number of nitrogen functional groups attached to an aromatic ring is 1. The Morgan fingerprint density at radius 1 is 1.03 bits per heavy atom. The van der Waals surface area contributed by atoms with Crippen LogP contribution in [0.15, 0.2) is 78.9 Å². The summed E-state index contributed by atoms with van der Waals surface area (Å²) in [6.07, 6.45) is 0. The highest BCUT2D eigenvalue weighted by atomic mass is 16.5. The zero-order valence-electron chi connectivity index (χ0n) is 16.0. The Morgan fingerprint density at radius 3 is 2.63 bits per heavy atom. The summed E-state index contributed by atoms with van der Waals surface area (Å²) < 4.78 is 7.46. The van der Waals surface area contributed by atoms with Crippen LogP contribution in [0.3, 0.4) is 0 Å². The van der Waals surface area contributed by atoms with Gasteiger partial charge in [-0.2, -0.15) is 5.26 Å². The molecule has 4 aromatic rings. The van der Waals surface area contributed by atoms with E-state index in [-0.39, 0.29) is 5.84 Å². The van der Waals surface area contributed by atoms with E-state index in [1.54, 1.807) is 42.5 Å². The van der Waals surface area contributed by atoms with Crippen LogP contribution < -0.4 is 10.5 Å². The summed E-state index contributed by atoms with van der Waals surface area (Å²) in [5.41, 5.74) is 8.76. The van der Waals surface area contributed by atoms with E-state index in [0.29, 0.717) is 29.1 Å². The summed E-state index contributed by atoms with van der Waals surface area (Å²) in [5.74, 6) is -0.293. The number of carbonyl (C=O) groups excluding carboxylic acids is 1. The molecule has 4 rings (SSSR count). The lowest BCUT2D eigenvalue weighted by atomic mass is 10.1. The monoisotopic (exact) mass is 394 g/mol. The van der Waals surface area contributed by atoms with Crippen LogP contribution in [-0.2, 0) is 6.54 Å². The average molecular weight is 394 g/mol. The van der Waals surface area contributed by atoms with E-state index < -0.39 is 5.97 Å². The van der Waals surface area contributed by atoms with E-state index in [1.165, 1.54) is 0 Å². The molecule has 6 heteroatoms. The van der Waals surface area contributed by atoms with E-state index in [0.717, 1.165) is 16.5 Å². The second-order valence-corrected chi connectivity index (χ2v) is 6.82. The quantitative estimate of drug-likeness (QED) is 0.230. The standard InChI is InChI=1S/C24H18N4O2/c25-14-16-5-3-6-17(11-16)15-28-21-10-2-1-7-18(21)13-22(28)24(29)30-20-9-4-8-19(12-20)23(26)27/h1-13H,15H2,(H3,26,27). The third kappa shape index (κ3) is 3.77. The number of ether oxygens (including phenoxy) is 1. The fraction of sp³-hybridized carbons (Fsp3) is 0.0417. The molecule has 0 spiro atoms. The van der Waals surface area contributed by atoms with E-state index in [9.17, 15) is 10.1 Å². The number of para-hydroxylation sites is 1. The molecule has 1 heterocycles. The highest BCUT2D eigenvalue weighted by molar-refractivity contribution is 5.98. The van der Waals surface area contributed by atoms with Gasteiger partial charge in [0.1, 0.15) is 17.3 Å². The number of amidine groups is 1. The van der Waals surface area contributed by atoms with Crippen LogP contribution in [0.25, 0.3) is 10.9 Å². The molecule has 3 aromatic carbocycles. The third-order valence-corrected chi connectivity index (χ3v) is 4.77. The maximum atomic E-state index is 13.0. The zero-order valence-corrected chi connectivity index (χ0v) is 16.0. The summed E-state index contributed by atoms with van der Waals surface area (Å²) in [4.78, 5) is 13.0. The van der Waals surface area contributed by atoms with Gasteiger partial charge in [-0.15, -0.1) is 0 Å². The molecule has 1 aromatic heterocycles. The number of fused-ring (bicyclic) bond motifs is 1. The van der Waals surface area contributed by atoms with Crippen molar-refractivity contribution >= 4 is 22.7 Å². The minimum atomic E-state index is -0.511. The Balaban J connectivity index is 1.72. The third-order valence-electron chi connectivity index (χ3n) is 4.77. The van der Waals surface area contributed by atoms with Crippen molar-refractivity contribution in [2.75, 3.05) is 0 Å². The molecule has 6 nitrogen and oxygen atoms in total. The van der Waals surface area contributed by atoms with Gasteiger partial charge in [0.05, 0.1) is 11.6 Å². The van der Waals surface area contributed by atoms with Gasteiger partial charge in [0, 0.05) is 23.0 Å². The van der Waals surface area contributed by atoms with Crippen LogP contribution in [0.2, 0.25) is 0 Å². The van der Waals surface area contributed by atoms with Crippen molar-refractivity contribution in [3.8, 4) is 11.8 Å². The van der Waals surface area contributed by atoms with Crippen LogP contribution >= 0.6 is 0 Å². The Morgan fingerprint density at radius 2 is 1.83 bits per heavy atom. The van der Waals surface area contributed by atoms with Crippen molar-refractivity contribution in [3.63, 3.8) is 0 Å². The maximum Gasteiger partial charge on any atom is 0.360 e. The lowest BCUT2D eigenvalue weighted by Gasteiger charge is -2.11. The van der Waals surface area contributed by atoms with Crippen LogP contribution in [-0.4, -0.2) is 16.4 Å². The molecule has 0 atom stereocenters. The van der Waals surface area contributed by atoms with E-state index in [2.05, 4.69) is 6.07 Å². The number of hydrogen-bond acceptors (Lipinski definition) is 4. The van der Waals surface area contributed by atoms with Crippen molar-refractivity contribution in [1.29, 1.82) is 10.7 Å². The van der Waals surface area contributed by atoms with Crippen molar-refractivity contribution in [3.05, 3.63) is 101 Å². The Kier molecular flexibility index (Phi) is 5.02. The Hall–Kier alpha value is -4.37. The summed E-state index contributed by atoms with van der Waals surface area (Å²) in [6, 6.07) is 25.5. The van der Waals surface area contributed by atoms with Gasteiger partial charge in [-0.1, -0.05) is 42.5 Å². The number of aromatic nitrogens is 1. The van der Waals surface area contributed by atoms with Crippen molar-refractivity contribution < 1.29 is 9.53 Å². The number of nitrogens with one attached hydrogen (secondary N) is 1. The Bertz CT molecular complexity index is 1310. The Labute approximate surface area is 173 Å². The molecule has 30 heavy (non-hydrogen) atoms. The normalized spacial score (nSPS) is 10.5. The molecule has 0 saturated carbocycles. The van der Waals surface area contributed by atoms with Gasteiger partial charge in [-0.05, 0) is 42.0 Å². The maximum absolute atomic E-state index is 13.0. The topological polar surface area (TPSA) is 105 Å². The van der Waals surface area contributed by atoms with Crippen LogP contribution in [0, 0.1) is 16.7 Å². The number of hydrogen-bond donors (Lipinski definition) is 2.